The van der Waals surface area contributed by atoms with Crippen molar-refractivity contribution in [1.82, 2.24) is 10.3 Å². The number of aromatic amines is 1. The molecule has 0 spiro atoms. The second-order valence-electron chi connectivity index (χ2n) is 4.90. The summed E-state index contributed by atoms with van der Waals surface area (Å²) in [5, 5.41) is 14.3. The lowest BCUT2D eigenvalue weighted by molar-refractivity contribution is 0.149. The molecule has 18 heavy (non-hydrogen) atoms. The third-order valence-electron chi connectivity index (χ3n) is 3.94. The number of hydrogen-bond acceptors (Lipinski definition) is 2. The maximum atomic E-state index is 9.53. The summed E-state index contributed by atoms with van der Waals surface area (Å²) >= 11 is 0. The van der Waals surface area contributed by atoms with E-state index in [4.69, 9.17) is 0 Å². The van der Waals surface area contributed by atoms with Crippen LogP contribution in [0, 0.1) is 0 Å². The first-order chi connectivity index (χ1) is 8.73. The first-order valence-electron chi connectivity index (χ1n) is 6.65. The highest BCUT2D eigenvalue weighted by molar-refractivity contribution is 5.79. The predicted molar refractivity (Wildman–Crippen MR) is 75.5 cm³/mol. The van der Waals surface area contributed by atoms with Gasteiger partial charge in [-0.05, 0) is 42.0 Å². The molecule has 1 aromatic carbocycles. The second-order valence-corrected chi connectivity index (χ2v) is 4.90. The minimum Gasteiger partial charge on any atom is -0.394 e. The molecule has 0 radical (unpaired) electrons. The van der Waals surface area contributed by atoms with Gasteiger partial charge in [-0.3, -0.25) is 0 Å². The molecule has 1 heterocycles. The summed E-state index contributed by atoms with van der Waals surface area (Å²) in [6, 6.07) is 8.49. The topological polar surface area (TPSA) is 48.0 Å². The van der Waals surface area contributed by atoms with Crippen LogP contribution in [0.4, 0.5) is 0 Å². The van der Waals surface area contributed by atoms with Crippen molar-refractivity contribution in [3.8, 4) is 0 Å². The molecule has 0 amide bonds. The number of benzene rings is 1. The van der Waals surface area contributed by atoms with Gasteiger partial charge < -0.3 is 15.4 Å². The smallest absolute Gasteiger partial charge is 0.0613 e. The van der Waals surface area contributed by atoms with Crippen molar-refractivity contribution < 1.29 is 5.11 Å². The number of nitrogens with one attached hydrogen (secondary N) is 2. The van der Waals surface area contributed by atoms with E-state index in [1.54, 1.807) is 0 Å². The molecule has 0 aliphatic carbocycles. The van der Waals surface area contributed by atoms with Gasteiger partial charge in [-0.15, -0.1) is 0 Å². The summed E-state index contributed by atoms with van der Waals surface area (Å²) in [6.45, 7) is 5.21. The molecule has 0 fully saturated rings. The van der Waals surface area contributed by atoms with Crippen LogP contribution in [0.3, 0.4) is 0 Å². The lowest BCUT2D eigenvalue weighted by Gasteiger charge is -2.31. The molecular formula is C15H22N2O. The lowest BCUT2D eigenvalue weighted by Crippen LogP contribution is -2.47. The summed E-state index contributed by atoms with van der Waals surface area (Å²) < 4.78 is 0. The van der Waals surface area contributed by atoms with Gasteiger partial charge in [-0.25, -0.2) is 0 Å². The highest BCUT2D eigenvalue weighted by Crippen LogP contribution is 2.17. The number of aliphatic hydroxyl groups excluding tert-OH is 1. The quantitative estimate of drug-likeness (QED) is 0.734. The van der Waals surface area contributed by atoms with Crippen LogP contribution in [0.15, 0.2) is 30.5 Å². The number of hydrogen-bond donors (Lipinski definition) is 3. The molecule has 2 aromatic rings. The van der Waals surface area contributed by atoms with E-state index in [1.807, 2.05) is 6.20 Å². The summed E-state index contributed by atoms with van der Waals surface area (Å²) in [7, 11) is 0. The fraction of sp³-hybridized carbons (Fsp3) is 0.467. The lowest BCUT2D eigenvalue weighted by atomic mass is 9.93. The van der Waals surface area contributed by atoms with Gasteiger partial charge in [0.25, 0.3) is 0 Å². The maximum absolute atomic E-state index is 9.53. The number of aliphatic hydroxyl groups is 1. The van der Waals surface area contributed by atoms with Crippen LogP contribution in [0.2, 0.25) is 0 Å². The average molecular weight is 246 g/mol. The zero-order chi connectivity index (χ0) is 13.0. The Labute approximate surface area is 108 Å². The molecule has 98 valence electrons. The van der Waals surface area contributed by atoms with E-state index in [2.05, 4.69) is 48.4 Å². The molecule has 0 unspecified atom stereocenters. The van der Waals surface area contributed by atoms with Gasteiger partial charge in [0.05, 0.1) is 6.61 Å². The van der Waals surface area contributed by atoms with Crippen LogP contribution < -0.4 is 5.32 Å². The molecule has 2 rings (SSSR count). The molecular weight excluding hydrogens is 224 g/mol. The Morgan fingerprint density at radius 2 is 2.00 bits per heavy atom. The van der Waals surface area contributed by atoms with Crippen molar-refractivity contribution in [3.05, 3.63) is 36.0 Å². The van der Waals surface area contributed by atoms with E-state index in [0.29, 0.717) is 0 Å². The predicted octanol–water partition coefficient (Wildman–Crippen LogP) is 2.81. The van der Waals surface area contributed by atoms with Crippen molar-refractivity contribution >= 4 is 10.9 Å². The first kappa shape index (κ1) is 13.1. The molecule has 3 nitrogen and oxygen atoms in total. The molecule has 0 saturated heterocycles. The fourth-order valence-corrected chi connectivity index (χ4v) is 2.28. The summed E-state index contributed by atoms with van der Waals surface area (Å²) in [4.78, 5) is 3.19. The van der Waals surface area contributed by atoms with Crippen LogP contribution in [0.5, 0.6) is 0 Å². The van der Waals surface area contributed by atoms with Gasteiger partial charge in [-0.2, -0.15) is 0 Å². The number of H-pyrrole nitrogens is 1. The maximum Gasteiger partial charge on any atom is 0.0613 e. The zero-order valence-corrected chi connectivity index (χ0v) is 11.2. The third kappa shape index (κ3) is 2.57. The Balaban J connectivity index is 2.09. The van der Waals surface area contributed by atoms with Crippen molar-refractivity contribution in [2.45, 2.75) is 38.8 Å². The van der Waals surface area contributed by atoms with Crippen LogP contribution in [0.25, 0.3) is 10.9 Å². The molecule has 0 aliphatic rings. The summed E-state index contributed by atoms with van der Waals surface area (Å²) in [6.07, 6.45) is 3.83. The highest BCUT2D eigenvalue weighted by atomic mass is 16.3. The van der Waals surface area contributed by atoms with E-state index < -0.39 is 0 Å². The van der Waals surface area contributed by atoms with Gasteiger partial charge in [0.2, 0.25) is 0 Å². The monoisotopic (exact) mass is 246 g/mol. The summed E-state index contributed by atoms with van der Waals surface area (Å²) in [5.41, 5.74) is 2.27. The summed E-state index contributed by atoms with van der Waals surface area (Å²) in [5.74, 6) is 0. The van der Waals surface area contributed by atoms with E-state index in [1.165, 1.54) is 10.9 Å². The van der Waals surface area contributed by atoms with Gasteiger partial charge in [0, 0.05) is 23.8 Å². The van der Waals surface area contributed by atoms with Gasteiger partial charge >= 0.3 is 0 Å². The first-order valence-corrected chi connectivity index (χ1v) is 6.65. The van der Waals surface area contributed by atoms with Crippen molar-refractivity contribution in [3.63, 3.8) is 0 Å². The van der Waals surface area contributed by atoms with Crippen molar-refractivity contribution in [2.75, 3.05) is 6.61 Å². The van der Waals surface area contributed by atoms with E-state index in [0.717, 1.165) is 24.9 Å². The molecule has 0 bridgehead atoms. The van der Waals surface area contributed by atoms with Crippen LogP contribution >= 0.6 is 0 Å². The minimum atomic E-state index is -0.146. The van der Waals surface area contributed by atoms with Crippen LogP contribution in [0.1, 0.15) is 32.3 Å². The Hall–Kier alpha value is -1.32. The number of rotatable bonds is 6. The third-order valence-corrected chi connectivity index (χ3v) is 3.94. The van der Waals surface area contributed by atoms with Crippen molar-refractivity contribution in [2.24, 2.45) is 0 Å². The minimum absolute atomic E-state index is 0.146. The molecule has 1 aromatic heterocycles. The zero-order valence-electron chi connectivity index (χ0n) is 11.2. The molecule has 0 saturated carbocycles. The molecule has 3 heteroatoms. The van der Waals surface area contributed by atoms with E-state index in [9.17, 15) is 5.11 Å². The molecule has 3 N–H and O–H groups in total. The van der Waals surface area contributed by atoms with Gasteiger partial charge in [-0.1, -0.05) is 19.9 Å². The highest BCUT2D eigenvalue weighted by Gasteiger charge is 2.23. The van der Waals surface area contributed by atoms with Crippen LogP contribution in [-0.2, 0) is 6.54 Å². The van der Waals surface area contributed by atoms with Crippen LogP contribution in [-0.4, -0.2) is 22.2 Å². The number of fused-ring (bicyclic) bond motifs is 1. The Morgan fingerprint density at radius 3 is 2.67 bits per heavy atom. The Bertz CT molecular complexity index is 492. The van der Waals surface area contributed by atoms with Crippen molar-refractivity contribution in [1.29, 1.82) is 0 Å². The second kappa shape index (κ2) is 5.55. The van der Waals surface area contributed by atoms with E-state index in [-0.39, 0.29) is 12.1 Å². The molecule has 0 atom stereocenters. The number of aromatic nitrogens is 1. The fourth-order valence-electron chi connectivity index (χ4n) is 2.28. The van der Waals surface area contributed by atoms with Gasteiger partial charge in [0.15, 0.2) is 0 Å². The van der Waals surface area contributed by atoms with E-state index >= 15 is 0 Å². The Morgan fingerprint density at radius 1 is 1.22 bits per heavy atom. The normalized spacial score (nSPS) is 12.2. The van der Waals surface area contributed by atoms with Gasteiger partial charge in [0.1, 0.15) is 0 Å². The molecule has 0 aliphatic heterocycles. The largest absolute Gasteiger partial charge is 0.394 e. The Kier molecular flexibility index (Phi) is 4.04. The standard InChI is InChI=1S/C15H22N2O/c1-3-15(4-2,11-18)17-10-12-5-6-14-13(9-12)7-8-16-14/h5-9,16-18H,3-4,10-11H2,1-2H3. The average Bonchev–Trinajstić information content (AvgIpc) is 2.88. The SMILES string of the molecule is CCC(CC)(CO)NCc1ccc2[nH]ccc2c1.